The van der Waals surface area contributed by atoms with Crippen molar-refractivity contribution < 1.29 is 14.3 Å². The number of rotatable bonds is 3. The zero-order valence-corrected chi connectivity index (χ0v) is 11.9. The SMILES string of the molecule is CCOC(=O)[C@H]1CCCN(C(=O)C2CCCCC2)C1. The Morgan fingerprint density at radius 2 is 1.74 bits per heavy atom. The minimum Gasteiger partial charge on any atom is -0.466 e. The first-order valence-electron chi connectivity index (χ1n) is 7.67. The summed E-state index contributed by atoms with van der Waals surface area (Å²) in [5.74, 6) is 0.230. The third kappa shape index (κ3) is 3.71. The van der Waals surface area contributed by atoms with Crippen molar-refractivity contribution in [3.05, 3.63) is 0 Å². The van der Waals surface area contributed by atoms with E-state index >= 15 is 0 Å². The maximum atomic E-state index is 12.5. The van der Waals surface area contributed by atoms with Gasteiger partial charge < -0.3 is 9.64 Å². The van der Waals surface area contributed by atoms with Crippen LogP contribution in [0.3, 0.4) is 0 Å². The summed E-state index contributed by atoms with van der Waals surface area (Å²) in [5.41, 5.74) is 0. The molecule has 0 radical (unpaired) electrons. The van der Waals surface area contributed by atoms with Gasteiger partial charge in [-0.1, -0.05) is 19.3 Å². The second kappa shape index (κ2) is 6.92. The molecule has 1 heterocycles. The van der Waals surface area contributed by atoms with Crippen LogP contribution in [0.2, 0.25) is 0 Å². The van der Waals surface area contributed by atoms with Gasteiger partial charge >= 0.3 is 5.97 Å². The molecule has 1 atom stereocenters. The van der Waals surface area contributed by atoms with E-state index in [1.165, 1.54) is 19.3 Å². The largest absolute Gasteiger partial charge is 0.466 e. The zero-order chi connectivity index (χ0) is 13.7. The molecule has 4 heteroatoms. The Morgan fingerprint density at radius 3 is 2.42 bits per heavy atom. The number of ether oxygens (including phenoxy) is 1. The number of piperidine rings is 1. The quantitative estimate of drug-likeness (QED) is 0.737. The third-order valence-electron chi connectivity index (χ3n) is 4.31. The van der Waals surface area contributed by atoms with Crippen molar-refractivity contribution in [3.8, 4) is 0 Å². The van der Waals surface area contributed by atoms with Crippen molar-refractivity contribution in [3.63, 3.8) is 0 Å². The molecule has 2 fully saturated rings. The van der Waals surface area contributed by atoms with Gasteiger partial charge in [-0.2, -0.15) is 0 Å². The van der Waals surface area contributed by atoms with Gasteiger partial charge in [0.1, 0.15) is 0 Å². The Morgan fingerprint density at radius 1 is 1.05 bits per heavy atom. The minimum absolute atomic E-state index is 0.110. The van der Waals surface area contributed by atoms with E-state index in [0.29, 0.717) is 13.2 Å². The number of nitrogens with zero attached hydrogens (tertiary/aromatic N) is 1. The highest BCUT2D eigenvalue weighted by Gasteiger charge is 2.32. The summed E-state index contributed by atoms with van der Waals surface area (Å²) in [7, 11) is 0. The summed E-state index contributed by atoms with van der Waals surface area (Å²) in [4.78, 5) is 26.1. The van der Waals surface area contributed by atoms with Crippen LogP contribution in [0.15, 0.2) is 0 Å². The molecule has 1 saturated carbocycles. The van der Waals surface area contributed by atoms with Crippen molar-refractivity contribution in [1.82, 2.24) is 4.90 Å². The second-order valence-electron chi connectivity index (χ2n) is 5.71. The summed E-state index contributed by atoms with van der Waals surface area (Å²) in [6.45, 7) is 3.62. The van der Waals surface area contributed by atoms with E-state index in [1.807, 2.05) is 11.8 Å². The van der Waals surface area contributed by atoms with Crippen LogP contribution < -0.4 is 0 Å². The van der Waals surface area contributed by atoms with Crippen LogP contribution >= 0.6 is 0 Å². The van der Waals surface area contributed by atoms with Crippen LogP contribution in [0.1, 0.15) is 51.9 Å². The van der Waals surface area contributed by atoms with Crippen molar-refractivity contribution >= 4 is 11.9 Å². The van der Waals surface area contributed by atoms with Gasteiger partial charge in [-0.3, -0.25) is 9.59 Å². The lowest BCUT2D eigenvalue weighted by Gasteiger charge is -2.35. The molecule has 0 bridgehead atoms. The number of carbonyl (C=O) groups is 2. The molecule has 2 rings (SSSR count). The fraction of sp³-hybridized carbons (Fsp3) is 0.867. The Kier molecular flexibility index (Phi) is 5.23. The Hall–Kier alpha value is -1.06. The summed E-state index contributed by atoms with van der Waals surface area (Å²) < 4.78 is 5.08. The highest BCUT2D eigenvalue weighted by atomic mass is 16.5. The molecule has 1 aliphatic carbocycles. The molecule has 0 aromatic carbocycles. The monoisotopic (exact) mass is 267 g/mol. The lowest BCUT2D eigenvalue weighted by Crippen LogP contribution is -2.45. The molecule has 0 aromatic rings. The average Bonchev–Trinajstić information content (AvgIpc) is 2.48. The molecule has 0 unspecified atom stereocenters. The molecular formula is C15H25NO3. The van der Waals surface area contributed by atoms with Crippen molar-refractivity contribution in [2.45, 2.75) is 51.9 Å². The Labute approximate surface area is 115 Å². The number of hydrogen-bond donors (Lipinski definition) is 0. The second-order valence-corrected chi connectivity index (χ2v) is 5.71. The van der Waals surface area contributed by atoms with Gasteiger partial charge in [-0.05, 0) is 32.6 Å². The molecule has 1 saturated heterocycles. The van der Waals surface area contributed by atoms with Crippen molar-refractivity contribution in [2.75, 3.05) is 19.7 Å². The topological polar surface area (TPSA) is 46.6 Å². The number of hydrogen-bond acceptors (Lipinski definition) is 3. The maximum absolute atomic E-state index is 12.5. The predicted octanol–water partition coefficient (Wildman–Crippen LogP) is 2.37. The molecule has 108 valence electrons. The van der Waals surface area contributed by atoms with Crippen LogP contribution in [0.5, 0.6) is 0 Å². The van der Waals surface area contributed by atoms with Gasteiger partial charge in [0.2, 0.25) is 5.91 Å². The first-order valence-corrected chi connectivity index (χ1v) is 7.67. The fourth-order valence-electron chi connectivity index (χ4n) is 3.24. The Bertz CT molecular complexity index is 323. The van der Waals surface area contributed by atoms with Crippen LogP contribution in [0, 0.1) is 11.8 Å². The van der Waals surface area contributed by atoms with Crippen LogP contribution in [0.25, 0.3) is 0 Å². The minimum atomic E-state index is -0.136. The van der Waals surface area contributed by atoms with Gasteiger partial charge in [0.25, 0.3) is 0 Å². The van der Waals surface area contributed by atoms with Gasteiger partial charge in [0.15, 0.2) is 0 Å². The lowest BCUT2D eigenvalue weighted by molar-refractivity contribution is -0.152. The zero-order valence-electron chi connectivity index (χ0n) is 11.9. The number of amides is 1. The normalized spacial score (nSPS) is 25.1. The van der Waals surface area contributed by atoms with E-state index in [4.69, 9.17) is 4.74 Å². The number of esters is 1. The molecule has 1 amide bonds. The van der Waals surface area contributed by atoms with E-state index in [0.717, 1.165) is 32.2 Å². The summed E-state index contributed by atoms with van der Waals surface area (Å²) in [6.07, 6.45) is 7.43. The average molecular weight is 267 g/mol. The van der Waals surface area contributed by atoms with E-state index in [1.54, 1.807) is 0 Å². The maximum Gasteiger partial charge on any atom is 0.310 e. The van der Waals surface area contributed by atoms with Gasteiger partial charge in [0.05, 0.1) is 12.5 Å². The first kappa shape index (κ1) is 14.4. The van der Waals surface area contributed by atoms with E-state index in [2.05, 4.69) is 0 Å². The van der Waals surface area contributed by atoms with E-state index in [-0.39, 0.29) is 23.7 Å². The third-order valence-corrected chi connectivity index (χ3v) is 4.31. The first-order chi connectivity index (χ1) is 9.22. The van der Waals surface area contributed by atoms with E-state index in [9.17, 15) is 9.59 Å². The molecule has 19 heavy (non-hydrogen) atoms. The molecule has 2 aliphatic rings. The summed E-state index contributed by atoms with van der Waals surface area (Å²) in [6, 6.07) is 0. The van der Waals surface area contributed by atoms with Crippen molar-refractivity contribution in [1.29, 1.82) is 0 Å². The standard InChI is InChI=1S/C15H25NO3/c1-2-19-15(18)13-9-6-10-16(11-13)14(17)12-7-4-3-5-8-12/h12-13H,2-11H2,1H3/t13-/m0/s1. The molecule has 0 spiro atoms. The molecule has 0 aromatic heterocycles. The lowest BCUT2D eigenvalue weighted by atomic mass is 9.87. The predicted molar refractivity (Wildman–Crippen MR) is 72.5 cm³/mol. The summed E-state index contributed by atoms with van der Waals surface area (Å²) >= 11 is 0. The molecule has 0 N–H and O–H groups in total. The number of likely N-dealkylation sites (tertiary alicyclic amines) is 1. The number of carbonyl (C=O) groups excluding carboxylic acids is 2. The highest BCUT2D eigenvalue weighted by Crippen LogP contribution is 2.27. The van der Waals surface area contributed by atoms with E-state index < -0.39 is 0 Å². The van der Waals surface area contributed by atoms with Gasteiger partial charge in [-0.25, -0.2) is 0 Å². The van der Waals surface area contributed by atoms with Crippen LogP contribution in [-0.4, -0.2) is 36.5 Å². The van der Waals surface area contributed by atoms with Gasteiger partial charge in [-0.15, -0.1) is 0 Å². The molecule has 4 nitrogen and oxygen atoms in total. The molecule has 1 aliphatic heterocycles. The smallest absolute Gasteiger partial charge is 0.310 e. The van der Waals surface area contributed by atoms with Crippen LogP contribution in [0.4, 0.5) is 0 Å². The van der Waals surface area contributed by atoms with Gasteiger partial charge in [0, 0.05) is 19.0 Å². The van der Waals surface area contributed by atoms with Crippen molar-refractivity contribution in [2.24, 2.45) is 11.8 Å². The molecular weight excluding hydrogens is 242 g/mol. The summed E-state index contributed by atoms with van der Waals surface area (Å²) in [5, 5.41) is 0. The fourth-order valence-corrected chi connectivity index (χ4v) is 3.24. The highest BCUT2D eigenvalue weighted by molar-refractivity contribution is 5.80. The Balaban J connectivity index is 1.89. The van der Waals surface area contributed by atoms with Crippen LogP contribution in [-0.2, 0) is 14.3 Å².